The van der Waals surface area contributed by atoms with Crippen LogP contribution in [0.3, 0.4) is 0 Å². The van der Waals surface area contributed by atoms with Crippen LogP contribution in [0.1, 0.15) is 29.9 Å². The van der Waals surface area contributed by atoms with Crippen LogP contribution in [0, 0.1) is 0 Å². The van der Waals surface area contributed by atoms with Gasteiger partial charge in [-0.25, -0.2) is 9.59 Å². The van der Waals surface area contributed by atoms with E-state index in [1.54, 1.807) is 0 Å². The quantitative estimate of drug-likeness (QED) is 0.516. The van der Waals surface area contributed by atoms with Crippen molar-refractivity contribution >= 4 is 18.0 Å². The Balaban J connectivity index is 1.35. The van der Waals surface area contributed by atoms with Gasteiger partial charge in [0, 0.05) is 32.7 Å². The molecule has 0 bridgehead atoms. The van der Waals surface area contributed by atoms with Crippen LogP contribution in [0.4, 0.5) is 4.79 Å². The number of carboxylic acid groups (broad SMARTS) is 1. The molecule has 2 aliphatic rings. The Bertz CT molecular complexity index is 1010. The minimum Gasteiger partial charge on any atom is -0.480 e. The maximum Gasteiger partial charge on any atom is 0.407 e. The average molecular weight is 469 g/mol. The summed E-state index contributed by atoms with van der Waals surface area (Å²) >= 11 is 0. The van der Waals surface area contributed by atoms with Gasteiger partial charge in [-0.15, -0.1) is 0 Å². The van der Waals surface area contributed by atoms with Crippen molar-refractivity contribution in [1.29, 1.82) is 0 Å². The number of carbonyl (C=O) groups is 3. The van der Waals surface area contributed by atoms with Crippen molar-refractivity contribution in [2.45, 2.75) is 36.9 Å². The predicted octanol–water partition coefficient (Wildman–Crippen LogP) is 2.29. The summed E-state index contributed by atoms with van der Waals surface area (Å²) in [6.45, 7) is 0.606. The van der Waals surface area contributed by atoms with Crippen molar-refractivity contribution in [3.8, 4) is 11.1 Å². The van der Waals surface area contributed by atoms with Crippen LogP contribution in [0.15, 0.2) is 48.5 Å². The zero-order chi connectivity index (χ0) is 24.1. The standard InChI is InChI=1S/C25H28N2O7/c1-32-12-10-21(24(29)30)26-23(28)22-20(11-13-33-22)27-25(31)34-14-19-17-8-4-2-6-15(17)16-7-3-5-9-18(16)19/h2-9,19-22H,10-14H2,1H3,(H,26,28)(H,27,31)(H,29,30). The molecule has 34 heavy (non-hydrogen) atoms. The summed E-state index contributed by atoms with van der Waals surface area (Å²) in [5.74, 6) is -1.83. The van der Waals surface area contributed by atoms with Crippen LogP contribution in [0.25, 0.3) is 11.1 Å². The van der Waals surface area contributed by atoms with Gasteiger partial charge in [-0.2, -0.15) is 0 Å². The number of carbonyl (C=O) groups excluding carboxylic acids is 2. The normalized spacial score (nSPS) is 19.7. The van der Waals surface area contributed by atoms with Crippen molar-refractivity contribution < 1.29 is 33.7 Å². The maximum absolute atomic E-state index is 12.6. The number of fused-ring (bicyclic) bond motifs is 3. The van der Waals surface area contributed by atoms with Crippen LogP contribution in [-0.2, 0) is 23.8 Å². The lowest BCUT2D eigenvalue weighted by Gasteiger charge is -2.22. The highest BCUT2D eigenvalue weighted by Gasteiger charge is 2.37. The third kappa shape index (κ3) is 5.05. The highest BCUT2D eigenvalue weighted by atomic mass is 16.6. The van der Waals surface area contributed by atoms with Gasteiger partial charge >= 0.3 is 12.1 Å². The first kappa shape index (κ1) is 23.7. The molecule has 4 rings (SSSR count). The molecule has 3 unspecified atom stereocenters. The lowest BCUT2D eigenvalue weighted by atomic mass is 9.98. The molecule has 1 aliphatic heterocycles. The molecule has 1 fully saturated rings. The highest BCUT2D eigenvalue weighted by Crippen LogP contribution is 2.44. The molecule has 9 nitrogen and oxygen atoms in total. The zero-order valence-electron chi connectivity index (χ0n) is 18.9. The Morgan fingerprint density at radius 1 is 1.09 bits per heavy atom. The van der Waals surface area contributed by atoms with Gasteiger partial charge in [0.15, 0.2) is 6.10 Å². The smallest absolute Gasteiger partial charge is 0.407 e. The molecule has 0 radical (unpaired) electrons. The molecule has 0 spiro atoms. The Hall–Kier alpha value is -3.43. The van der Waals surface area contributed by atoms with Gasteiger partial charge in [-0.05, 0) is 28.7 Å². The van der Waals surface area contributed by atoms with E-state index >= 15 is 0 Å². The van der Waals surface area contributed by atoms with Crippen molar-refractivity contribution in [2.24, 2.45) is 0 Å². The number of ether oxygens (including phenoxy) is 3. The SMILES string of the molecule is COCCC(NC(=O)C1OCCC1NC(=O)OCC1c2ccccc2-c2ccccc21)C(=O)O. The van der Waals surface area contributed by atoms with E-state index in [0.29, 0.717) is 6.42 Å². The minimum absolute atomic E-state index is 0.0748. The molecule has 3 N–H and O–H groups in total. The summed E-state index contributed by atoms with van der Waals surface area (Å²) in [5, 5.41) is 14.5. The monoisotopic (exact) mass is 468 g/mol. The Morgan fingerprint density at radius 3 is 2.35 bits per heavy atom. The molecule has 2 aromatic carbocycles. The van der Waals surface area contributed by atoms with E-state index in [4.69, 9.17) is 14.2 Å². The molecular formula is C25H28N2O7. The molecule has 9 heteroatoms. The van der Waals surface area contributed by atoms with Crippen LogP contribution in [-0.4, -0.2) is 68.2 Å². The van der Waals surface area contributed by atoms with E-state index in [9.17, 15) is 19.5 Å². The first-order valence-corrected chi connectivity index (χ1v) is 11.2. The summed E-state index contributed by atoms with van der Waals surface area (Å²) in [6.07, 6.45) is -1.11. The van der Waals surface area contributed by atoms with Gasteiger partial charge in [0.2, 0.25) is 0 Å². The van der Waals surface area contributed by atoms with Crippen LogP contribution in [0.2, 0.25) is 0 Å². The molecule has 180 valence electrons. The van der Waals surface area contributed by atoms with E-state index in [1.165, 1.54) is 7.11 Å². The number of carboxylic acids is 1. The van der Waals surface area contributed by atoms with E-state index < -0.39 is 36.2 Å². The summed E-state index contributed by atoms with van der Waals surface area (Å²) in [7, 11) is 1.45. The first-order valence-electron chi connectivity index (χ1n) is 11.2. The number of aliphatic carboxylic acids is 1. The Kier molecular flexibility index (Phi) is 7.44. The molecule has 0 saturated carbocycles. The number of methoxy groups -OCH3 is 1. The van der Waals surface area contributed by atoms with Gasteiger partial charge in [0.05, 0.1) is 6.04 Å². The number of hydrogen-bond acceptors (Lipinski definition) is 6. The first-order chi connectivity index (χ1) is 16.5. The number of benzene rings is 2. The predicted molar refractivity (Wildman–Crippen MR) is 122 cm³/mol. The van der Waals surface area contributed by atoms with Crippen molar-refractivity contribution in [3.63, 3.8) is 0 Å². The number of nitrogens with one attached hydrogen (secondary N) is 2. The summed E-state index contributed by atoms with van der Waals surface area (Å²) in [5.41, 5.74) is 4.48. The number of amides is 2. The molecule has 2 amide bonds. The summed E-state index contributed by atoms with van der Waals surface area (Å²) < 4.78 is 15.9. The van der Waals surface area contributed by atoms with E-state index in [-0.39, 0.29) is 32.2 Å². The number of alkyl carbamates (subject to hydrolysis) is 1. The zero-order valence-corrected chi connectivity index (χ0v) is 18.9. The van der Waals surface area contributed by atoms with Crippen molar-refractivity contribution in [2.75, 3.05) is 26.9 Å². The van der Waals surface area contributed by atoms with Crippen LogP contribution in [0.5, 0.6) is 0 Å². The fourth-order valence-electron chi connectivity index (χ4n) is 4.53. The second-order valence-corrected chi connectivity index (χ2v) is 8.34. The summed E-state index contributed by atoms with van der Waals surface area (Å²) in [6, 6.07) is 14.4. The molecule has 1 saturated heterocycles. The maximum atomic E-state index is 12.6. The van der Waals surface area contributed by atoms with Gasteiger partial charge in [-0.1, -0.05) is 48.5 Å². The van der Waals surface area contributed by atoms with E-state index in [1.807, 2.05) is 36.4 Å². The van der Waals surface area contributed by atoms with Crippen molar-refractivity contribution in [1.82, 2.24) is 10.6 Å². The number of hydrogen-bond donors (Lipinski definition) is 3. The lowest BCUT2D eigenvalue weighted by molar-refractivity contribution is -0.144. The van der Waals surface area contributed by atoms with Crippen LogP contribution < -0.4 is 10.6 Å². The Labute approximate surface area is 197 Å². The molecular weight excluding hydrogens is 440 g/mol. The minimum atomic E-state index is -1.16. The fraction of sp³-hybridized carbons (Fsp3) is 0.400. The third-order valence-electron chi connectivity index (χ3n) is 6.22. The van der Waals surface area contributed by atoms with Crippen LogP contribution >= 0.6 is 0 Å². The molecule has 1 heterocycles. The van der Waals surface area contributed by atoms with Gasteiger partial charge < -0.3 is 30.0 Å². The molecule has 3 atom stereocenters. The van der Waals surface area contributed by atoms with E-state index in [0.717, 1.165) is 22.3 Å². The Morgan fingerprint density at radius 2 is 1.74 bits per heavy atom. The van der Waals surface area contributed by atoms with Gasteiger partial charge in [0.1, 0.15) is 12.6 Å². The molecule has 1 aliphatic carbocycles. The second-order valence-electron chi connectivity index (χ2n) is 8.34. The van der Waals surface area contributed by atoms with Gasteiger partial charge in [0.25, 0.3) is 5.91 Å². The highest BCUT2D eigenvalue weighted by molar-refractivity contribution is 5.87. The summed E-state index contributed by atoms with van der Waals surface area (Å²) in [4.78, 5) is 36.6. The number of rotatable bonds is 9. The fourth-order valence-corrected chi connectivity index (χ4v) is 4.53. The molecule has 0 aromatic heterocycles. The largest absolute Gasteiger partial charge is 0.480 e. The lowest BCUT2D eigenvalue weighted by Crippen LogP contribution is -2.52. The topological polar surface area (TPSA) is 123 Å². The van der Waals surface area contributed by atoms with Gasteiger partial charge in [-0.3, -0.25) is 4.79 Å². The third-order valence-corrected chi connectivity index (χ3v) is 6.22. The average Bonchev–Trinajstić information content (AvgIpc) is 3.42. The second kappa shape index (κ2) is 10.7. The van der Waals surface area contributed by atoms with E-state index in [2.05, 4.69) is 22.8 Å². The van der Waals surface area contributed by atoms with Crippen molar-refractivity contribution in [3.05, 3.63) is 59.7 Å². The molecule has 2 aromatic rings.